The lowest BCUT2D eigenvalue weighted by Gasteiger charge is -2.17. The number of fused-ring (bicyclic) bond motifs is 1. The molecule has 0 unspecified atom stereocenters. The molecule has 1 heterocycles. The van der Waals surface area contributed by atoms with Crippen LogP contribution in [0.4, 0.5) is 5.69 Å². The van der Waals surface area contributed by atoms with E-state index in [9.17, 15) is 14.4 Å². The zero-order valence-electron chi connectivity index (χ0n) is 14.3. The number of amides is 3. The molecule has 0 bridgehead atoms. The molecule has 0 saturated carbocycles. The van der Waals surface area contributed by atoms with Crippen molar-refractivity contribution in [3.05, 3.63) is 29.8 Å². The third-order valence-electron chi connectivity index (χ3n) is 3.82. The van der Waals surface area contributed by atoms with Gasteiger partial charge in [-0.2, -0.15) is 0 Å². The molecule has 0 fully saturated rings. The molecule has 0 spiro atoms. The zero-order valence-corrected chi connectivity index (χ0v) is 14.3. The van der Waals surface area contributed by atoms with Crippen molar-refractivity contribution in [1.29, 1.82) is 0 Å². The molecule has 130 valence electrons. The van der Waals surface area contributed by atoms with Crippen molar-refractivity contribution >= 4 is 23.4 Å². The number of rotatable bonds is 6. The van der Waals surface area contributed by atoms with Gasteiger partial charge in [0.15, 0.2) is 0 Å². The predicted octanol–water partition coefficient (Wildman–Crippen LogP) is 0.278. The molecule has 24 heavy (non-hydrogen) atoms. The van der Waals surface area contributed by atoms with Gasteiger partial charge >= 0.3 is 11.8 Å². The minimum absolute atomic E-state index is 0.201. The number of anilines is 1. The molecule has 1 aromatic rings. The number of hydrogen-bond acceptors (Lipinski definition) is 4. The average Bonchev–Trinajstić information content (AvgIpc) is 2.80. The molecule has 1 aromatic carbocycles. The summed E-state index contributed by atoms with van der Waals surface area (Å²) in [5, 5.41) is 5.10. The number of hydrogen-bond donors (Lipinski definition) is 2. The van der Waals surface area contributed by atoms with E-state index in [1.165, 1.54) is 0 Å². The lowest BCUT2D eigenvalue weighted by atomic mass is 10.1. The van der Waals surface area contributed by atoms with Crippen LogP contribution in [0.15, 0.2) is 24.3 Å². The first-order chi connectivity index (χ1) is 11.5. The van der Waals surface area contributed by atoms with Crippen molar-refractivity contribution in [3.63, 3.8) is 0 Å². The Labute approximate surface area is 142 Å². The minimum atomic E-state index is -0.806. The number of benzene rings is 1. The Morgan fingerprint density at radius 3 is 2.58 bits per heavy atom. The van der Waals surface area contributed by atoms with Crippen LogP contribution in [0, 0.1) is 0 Å². The second-order valence-electron chi connectivity index (χ2n) is 6.01. The van der Waals surface area contributed by atoms with E-state index in [-0.39, 0.29) is 5.91 Å². The van der Waals surface area contributed by atoms with Crippen LogP contribution in [0.2, 0.25) is 0 Å². The van der Waals surface area contributed by atoms with E-state index >= 15 is 0 Å². The zero-order chi connectivity index (χ0) is 17.7. The Bertz CT molecular complexity index is 630. The van der Waals surface area contributed by atoms with Gasteiger partial charge in [0.1, 0.15) is 6.04 Å². The molecule has 1 atom stereocenters. The molecule has 2 rings (SSSR count). The quantitative estimate of drug-likeness (QED) is 0.733. The smallest absolute Gasteiger partial charge is 0.310 e. The average molecular weight is 332 g/mol. The van der Waals surface area contributed by atoms with Gasteiger partial charge in [-0.3, -0.25) is 14.4 Å². The third kappa shape index (κ3) is 3.91. The first-order valence-electron chi connectivity index (χ1n) is 8.09. The largest absolute Gasteiger partial charge is 0.347 e. The molecule has 2 N–H and O–H groups in total. The molecule has 0 radical (unpaired) electrons. The Balaban J connectivity index is 2.05. The highest BCUT2D eigenvalue weighted by atomic mass is 16.2. The van der Waals surface area contributed by atoms with E-state index in [2.05, 4.69) is 10.6 Å². The van der Waals surface area contributed by atoms with Gasteiger partial charge in [-0.05, 0) is 26.6 Å². The summed E-state index contributed by atoms with van der Waals surface area (Å²) in [4.78, 5) is 40.1. The first kappa shape index (κ1) is 17.9. The van der Waals surface area contributed by atoms with Crippen LogP contribution in [-0.2, 0) is 14.4 Å². The monoisotopic (exact) mass is 332 g/mol. The highest BCUT2D eigenvalue weighted by Crippen LogP contribution is 2.35. The summed E-state index contributed by atoms with van der Waals surface area (Å²) in [5.74, 6) is -1.72. The van der Waals surface area contributed by atoms with E-state index in [4.69, 9.17) is 0 Å². The fourth-order valence-electron chi connectivity index (χ4n) is 2.65. The van der Waals surface area contributed by atoms with Crippen molar-refractivity contribution < 1.29 is 14.4 Å². The van der Waals surface area contributed by atoms with Gasteiger partial charge in [-0.1, -0.05) is 25.1 Å². The van der Waals surface area contributed by atoms with Crippen LogP contribution in [0.1, 0.15) is 24.9 Å². The van der Waals surface area contributed by atoms with Gasteiger partial charge < -0.3 is 20.4 Å². The Morgan fingerprint density at radius 2 is 1.92 bits per heavy atom. The molecule has 0 aliphatic carbocycles. The number of likely N-dealkylation sites (N-methyl/N-ethyl adjacent to an activating group) is 1. The maximum Gasteiger partial charge on any atom is 0.310 e. The molecule has 1 aliphatic heterocycles. The maximum atomic E-state index is 12.6. The summed E-state index contributed by atoms with van der Waals surface area (Å²) >= 11 is 0. The van der Waals surface area contributed by atoms with Crippen molar-refractivity contribution in [2.75, 3.05) is 38.6 Å². The molecule has 7 nitrogen and oxygen atoms in total. The fourth-order valence-corrected chi connectivity index (χ4v) is 2.65. The normalized spacial score (nSPS) is 16.2. The summed E-state index contributed by atoms with van der Waals surface area (Å²) in [6, 6.07) is 6.52. The van der Waals surface area contributed by atoms with Gasteiger partial charge in [-0.25, -0.2) is 0 Å². The molecule has 3 amide bonds. The van der Waals surface area contributed by atoms with Crippen molar-refractivity contribution in [2.45, 2.75) is 19.4 Å². The standard InChI is InChI=1S/C17H24N4O3/c1-4-10-21-13-8-6-5-7-12(13)14(17(21)24)19-16(23)15(22)18-9-11-20(2)3/h5-8,14H,4,9-11H2,1-3H3,(H,18,22)(H,19,23)/t14-/m0/s1. The number of nitrogens with one attached hydrogen (secondary N) is 2. The second kappa shape index (κ2) is 7.92. The molecule has 0 saturated heterocycles. The van der Waals surface area contributed by atoms with Gasteiger partial charge in [0, 0.05) is 30.9 Å². The van der Waals surface area contributed by atoms with Crippen LogP contribution < -0.4 is 15.5 Å². The Hall–Kier alpha value is -2.41. The molecule has 7 heteroatoms. The number of carbonyl (C=O) groups excluding carboxylic acids is 3. The lowest BCUT2D eigenvalue weighted by Crippen LogP contribution is -2.45. The van der Waals surface area contributed by atoms with Crippen LogP contribution >= 0.6 is 0 Å². The van der Waals surface area contributed by atoms with E-state index in [1.807, 2.05) is 44.1 Å². The maximum absolute atomic E-state index is 12.6. The summed E-state index contributed by atoms with van der Waals surface area (Å²) in [7, 11) is 3.76. The van der Waals surface area contributed by atoms with E-state index in [0.29, 0.717) is 19.6 Å². The van der Waals surface area contributed by atoms with Crippen LogP contribution in [0.3, 0.4) is 0 Å². The van der Waals surface area contributed by atoms with E-state index < -0.39 is 17.9 Å². The van der Waals surface area contributed by atoms with Crippen LogP contribution in [-0.4, -0.2) is 56.4 Å². The lowest BCUT2D eigenvalue weighted by molar-refractivity contribution is -0.140. The highest BCUT2D eigenvalue weighted by Gasteiger charge is 2.38. The van der Waals surface area contributed by atoms with Crippen molar-refractivity contribution in [1.82, 2.24) is 15.5 Å². The fraction of sp³-hybridized carbons (Fsp3) is 0.471. The van der Waals surface area contributed by atoms with Gasteiger partial charge in [0.05, 0.1) is 0 Å². The van der Waals surface area contributed by atoms with Gasteiger partial charge in [-0.15, -0.1) is 0 Å². The van der Waals surface area contributed by atoms with Crippen molar-refractivity contribution in [3.8, 4) is 0 Å². The SMILES string of the molecule is CCCN1C(=O)[C@@H](NC(=O)C(=O)NCCN(C)C)c2ccccc21. The van der Waals surface area contributed by atoms with E-state index in [1.54, 1.807) is 11.0 Å². The first-order valence-corrected chi connectivity index (χ1v) is 8.09. The van der Waals surface area contributed by atoms with Crippen LogP contribution in [0.25, 0.3) is 0 Å². The molecule has 1 aliphatic rings. The summed E-state index contributed by atoms with van der Waals surface area (Å²) in [6.45, 7) is 3.57. The van der Waals surface area contributed by atoms with Gasteiger partial charge in [0.25, 0.3) is 5.91 Å². The van der Waals surface area contributed by atoms with Crippen molar-refractivity contribution in [2.24, 2.45) is 0 Å². The third-order valence-corrected chi connectivity index (χ3v) is 3.82. The summed E-state index contributed by atoms with van der Waals surface area (Å²) < 4.78 is 0. The molecular weight excluding hydrogens is 308 g/mol. The summed E-state index contributed by atoms with van der Waals surface area (Å²) in [6.07, 6.45) is 0.811. The van der Waals surface area contributed by atoms with Gasteiger partial charge in [0.2, 0.25) is 0 Å². The minimum Gasteiger partial charge on any atom is -0.347 e. The van der Waals surface area contributed by atoms with E-state index in [0.717, 1.165) is 17.7 Å². The number of carbonyl (C=O) groups is 3. The predicted molar refractivity (Wildman–Crippen MR) is 91.5 cm³/mol. The highest BCUT2D eigenvalue weighted by molar-refractivity contribution is 6.35. The second-order valence-corrected chi connectivity index (χ2v) is 6.01. The van der Waals surface area contributed by atoms with Crippen LogP contribution in [0.5, 0.6) is 0 Å². The Kier molecular flexibility index (Phi) is 5.92. The number of nitrogens with zero attached hydrogens (tertiary/aromatic N) is 2. The molecule has 0 aromatic heterocycles. The Morgan fingerprint density at radius 1 is 1.21 bits per heavy atom. The topological polar surface area (TPSA) is 81.8 Å². The number of para-hydroxylation sites is 1. The summed E-state index contributed by atoms with van der Waals surface area (Å²) in [5.41, 5.74) is 1.52. The molecular formula is C17H24N4O3.